The number of carbonyl (C=O) groups excluding carboxylic acids is 3. The molecule has 0 aliphatic rings. The Labute approximate surface area is 306 Å². The normalized spacial score (nSPS) is 13.5. The lowest BCUT2D eigenvalue weighted by Crippen LogP contribution is -2.55. The topological polar surface area (TPSA) is 102 Å². The van der Waals surface area contributed by atoms with Gasteiger partial charge < -0.3 is 28.6 Å². The standard InChI is InChI=1S/C42H73NO7/c1-6-8-10-12-14-16-18-19-20-21-23-25-27-29-31-33-41(45)50-38(36-48-35-34-39(42(46)47)43(3,4)5)37-49-40(44)32-30-28-26-24-22-17-15-13-11-9-7-2/h8,10,12-16,18,38-39H,6-7,9,11,17,19-37H2,1-5H3/b10-8+,14-12+,15-13+,18-16+. The molecule has 2 unspecified atom stereocenters. The van der Waals surface area contributed by atoms with E-state index < -0.39 is 18.1 Å². The molecular weight excluding hydrogens is 630 g/mol. The van der Waals surface area contributed by atoms with Gasteiger partial charge in [0.05, 0.1) is 40.3 Å². The highest BCUT2D eigenvalue weighted by atomic mass is 16.6. The third kappa shape index (κ3) is 31.3. The number of carbonyl (C=O) groups is 3. The van der Waals surface area contributed by atoms with Gasteiger partial charge in [0, 0.05) is 19.3 Å². The molecule has 0 aliphatic carbocycles. The Morgan fingerprint density at radius 1 is 0.620 bits per heavy atom. The fourth-order valence-electron chi connectivity index (χ4n) is 5.40. The van der Waals surface area contributed by atoms with Crippen molar-refractivity contribution in [1.82, 2.24) is 0 Å². The summed E-state index contributed by atoms with van der Waals surface area (Å²) in [6, 6.07) is -0.728. The first kappa shape index (κ1) is 47.3. The average molecular weight is 704 g/mol. The molecule has 0 amide bonds. The van der Waals surface area contributed by atoms with Gasteiger partial charge in [-0.2, -0.15) is 0 Å². The second-order valence-corrected chi connectivity index (χ2v) is 14.2. The van der Waals surface area contributed by atoms with Gasteiger partial charge in [0.2, 0.25) is 0 Å². The number of carboxylic acids is 1. The maximum absolute atomic E-state index is 12.7. The molecule has 0 aromatic carbocycles. The molecule has 0 N–H and O–H groups in total. The zero-order chi connectivity index (χ0) is 37.1. The van der Waals surface area contributed by atoms with Crippen LogP contribution in [0.5, 0.6) is 0 Å². The second kappa shape index (κ2) is 33.4. The predicted molar refractivity (Wildman–Crippen MR) is 203 cm³/mol. The Balaban J connectivity index is 4.44. The number of carboxylic acid groups (broad SMARTS) is 1. The number of allylic oxidation sites excluding steroid dienone is 8. The third-order valence-electron chi connectivity index (χ3n) is 8.51. The monoisotopic (exact) mass is 704 g/mol. The number of hydrogen-bond donors (Lipinski definition) is 0. The highest BCUT2D eigenvalue weighted by Crippen LogP contribution is 2.13. The largest absolute Gasteiger partial charge is 0.544 e. The molecule has 0 saturated heterocycles. The van der Waals surface area contributed by atoms with Crippen LogP contribution in [0, 0.1) is 0 Å². The van der Waals surface area contributed by atoms with Crippen LogP contribution in [0.1, 0.15) is 149 Å². The Bertz CT molecular complexity index is 964. The smallest absolute Gasteiger partial charge is 0.306 e. The van der Waals surface area contributed by atoms with E-state index in [1.807, 2.05) is 0 Å². The van der Waals surface area contributed by atoms with Crippen molar-refractivity contribution < 1.29 is 38.2 Å². The van der Waals surface area contributed by atoms with Crippen LogP contribution in [0.3, 0.4) is 0 Å². The summed E-state index contributed by atoms with van der Waals surface area (Å²) in [5.74, 6) is -1.77. The molecule has 50 heavy (non-hydrogen) atoms. The zero-order valence-corrected chi connectivity index (χ0v) is 32.5. The van der Waals surface area contributed by atoms with Crippen molar-refractivity contribution in [3.05, 3.63) is 48.6 Å². The van der Waals surface area contributed by atoms with Gasteiger partial charge in [-0.1, -0.05) is 127 Å². The molecule has 0 saturated carbocycles. The molecule has 0 fully saturated rings. The fraction of sp³-hybridized carbons (Fsp3) is 0.738. The van der Waals surface area contributed by atoms with Gasteiger partial charge in [0.1, 0.15) is 12.6 Å². The van der Waals surface area contributed by atoms with Crippen molar-refractivity contribution in [2.45, 2.75) is 161 Å². The first-order chi connectivity index (χ1) is 24.1. The number of likely N-dealkylation sites (N-methyl/N-ethyl adjacent to an activating group) is 1. The Kier molecular flexibility index (Phi) is 31.6. The highest BCUT2D eigenvalue weighted by molar-refractivity contribution is 5.70. The SMILES string of the molecule is CC/C=C/C=C/C=C/CCCCCCCCCC(=O)OC(COCCC(C(=O)[O-])[N+](C)(C)C)COC(=O)CCCCCCC/C=C/CCCC. The van der Waals surface area contributed by atoms with E-state index in [1.54, 1.807) is 21.1 Å². The molecule has 0 spiro atoms. The summed E-state index contributed by atoms with van der Waals surface area (Å²) in [5.41, 5.74) is 0. The molecule has 0 bridgehead atoms. The summed E-state index contributed by atoms with van der Waals surface area (Å²) < 4.78 is 17.1. The number of esters is 2. The summed E-state index contributed by atoms with van der Waals surface area (Å²) in [7, 11) is 5.39. The number of rotatable bonds is 34. The summed E-state index contributed by atoms with van der Waals surface area (Å²) in [4.78, 5) is 36.7. The van der Waals surface area contributed by atoms with Crippen molar-refractivity contribution in [2.75, 3.05) is 41.0 Å². The minimum absolute atomic E-state index is 0.0319. The lowest BCUT2D eigenvalue weighted by atomic mass is 10.1. The van der Waals surface area contributed by atoms with E-state index in [0.29, 0.717) is 12.8 Å². The second-order valence-electron chi connectivity index (χ2n) is 14.2. The van der Waals surface area contributed by atoms with Crippen molar-refractivity contribution in [1.29, 1.82) is 0 Å². The van der Waals surface area contributed by atoms with E-state index >= 15 is 0 Å². The molecule has 0 aromatic rings. The summed E-state index contributed by atoms with van der Waals surface area (Å²) in [6.07, 6.45) is 37.0. The summed E-state index contributed by atoms with van der Waals surface area (Å²) in [6.45, 7) is 4.45. The molecule has 288 valence electrons. The average Bonchev–Trinajstić information content (AvgIpc) is 3.06. The fourth-order valence-corrected chi connectivity index (χ4v) is 5.40. The zero-order valence-electron chi connectivity index (χ0n) is 32.5. The minimum atomic E-state index is -1.13. The molecule has 0 heterocycles. The summed E-state index contributed by atoms with van der Waals surface area (Å²) >= 11 is 0. The maximum atomic E-state index is 12.7. The Morgan fingerprint density at radius 2 is 1.14 bits per heavy atom. The first-order valence-corrected chi connectivity index (χ1v) is 19.7. The molecule has 0 radical (unpaired) electrons. The van der Waals surface area contributed by atoms with Crippen LogP contribution >= 0.6 is 0 Å². The number of quaternary nitrogens is 1. The van der Waals surface area contributed by atoms with E-state index in [0.717, 1.165) is 70.6 Å². The Hall–Kier alpha value is -2.71. The number of hydrogen-bond acceptors (Lipinski definition) is 7. The highest BCUT2D eigenvalue weighted by Gasteiger charge is 2.25. The minimum Gasteiger partial charge on any atom is -0.544 e. The van der Waals surface area contributed by atoms with Gasteiger partial charge in [-0.05, 0) is 51.4 Å². The van der Waals surface area contributed by atoms with Crippen LogP contribution in [0.2, 0.25) is 0 Å². The van der Waals surface area contributed by atoms with E-state index in [9.17, 15) is 19.5 Å². The third-order valence-corrected chi connectivity index (χ3v) is 8.51. The van der Waals surface area contributed by atoms with Crippen molar-refractivity contribution >= 4 is 17.9 Å². The van der Waals surface area contributed by atoms with Crippen LogP contribution < -0.4 is 5.11 Å². The van der Waals surface area contributed by atoms with Crippen molar-refractivity contribution in [3.8, 4) is 0 Å². The maximum Gasteiger partial charge on any atom is 0.306 e. The van der Waals surface area contributed by atoms with Crippen molar-refractivity contribution in [2.24, 2.45) is 0 Å². The van der Waals surface area contributed by atoms with E-state index in [1.165, 1.54) is 44.9 Å². The first-order valence-electron chi connectivity index (χ1n) is 19.7. The van der Waals surface area contributed by atoms with Crippen LogP contribution in [-0.2, 0) is 28.6 Å². The molecule has 0 aromatic heterocycles. The van der Waals surface area contributed by atoms with Crippen molar-refractivity contribution in [3.63, 3.8) is 0 Å². The number of unbranched alkanes of at least 4 members (excludes halogenated alkanes) is 14. The molecule has 0 aliphatic heterocycles. The van der Waals surface area contributed by atoms with Crippen LogP contribution in [0.25, 0.3) is 0 Å². The van der Waals surface area contributed by atoms with Gasteiger partial charge in [-0.25, -0.2) is 0 Å². The lowest BCUT2D eigenvalue weighted by molar-refractivity contribution is -0.889. The molecule has 8 heteroatoms. The number of aliphatic carboxylic acids is 1. The quantitative estimate of drug-likeness (QED) is 0.0217. The van der Waals surface area contributed by atoms with Gasteiger partial charge in [-0.3, -0.25) is 9.59 Å². The Morgan fingerprint density at radius 3 is 1.70 bits per heavy atom. The summed E-state index contributed by atoms with van der Waals surface area (Å²) in [5, 5.41) is 11.6. The van der Waals surface area contributed by atoms with Crippen LogP contribution in [0.15, 0.2) is 48.6 Å². The molecule has 8 nitrogen and oxygen atoms in total. The van der Waals surface area contributed by atoms with Crippen LogP contribution in [0.4, 0.5) is 0 Å². The van der Waals surface area contributed by atoms with Gasteiger partial charge in [0.15, 0.2) is 6.10 Å². The van der Waals surface area contributed by atoms with Gasteiger partial charge in [0.25, 0.3) is 0 Å². The van der Waals surface area contributed by atoms with E-state index in [2.05, 4.69) is 62.5 Å². The molecular formula is C42H73NO7. The lowest BCUT2D eigenvalue weighted by Gasteiger charge is -2.34. The van der Waals surface area contributed by atoms with Gasteiger partial charge >= 0.3 is 11.9 Å². The van der Waals surface area contributed by atoms with Crippen LogP contribution in [-0.4, -0.2) is 75.5 Å². The molecule has 2 atom stereocenters. The predicted octanol–water partition coefficient (Wildman–Crippen LogP) is 8.74. The van der Waals surface area contributed by atoms with E-state index in [4.69, 9.17) is 14.2 Å². The number of ether oxygens (including phenoxy) is 3. The van der Waals surface area contributed by atoms with Gasteiger partial charge in [-0.15, -0.1) is 0 Å². The van der Waals surface area contributed by atoms with E-state index in [-0.39, 0.29) is 42.7 Å². The number of nitrogens with zero attached hydrogens (tertiary/aromatic N) is 1. The molecule has 0 rings (SSSR count).